The Morgan fingerprint density at radius 3 is 2.67 bits per heavy atom. The molecule has 2 aromatic rings. The molecule has 0 radical (unpaired) electrons. The number of benzene rings is 2. The first kappa shape index (κ1) is 13.8. The summed E-state index contributed by atoms with van der Waals surface area (Å²) in [4.78, 5) is 12.0. The van der Waals surface area contributed by atoms with Crippen LogP contribution in [0, 0.1) is 5.82 Å². The first-order valence-electron chi connectivity index (χ1n) is 6.38. The van der Waals surface area contributed by atoms with E-state index >= 15 is 0 Å². The lowest BCUT2D eigenvalue weighted by Crippen LogP contribution is -2.35. The molecule has 21 heavy (non-hydrogen) atoms. The van der Waals surface area contributed by atoms with E-state index < -0.39 is 23.6 Å². The van der Waals surface area contributed by atoms with E-state index in [0.29, 0.717) is 11.1 Å². The van der Waals surface area contributed by atoms with Gasteiger partial charge in [-0.15, -0.1) is 0 Å². The molecule has 0 N–H and O–H groups in total. The van der Waals surface area contributed by atoms with Crippen LogP contribution in [0.3, 0.4) is 0 Å². The van der Waals surface area contributed by atoms with Crippen molar-refractivity contribution >= 4 is 5.78 Å². The molecule has 0 bridgehead atoms. The topological polar surface area (TPSA) is 26.3 Å². The number of hydrogen-bond acceptors (Lipinski definition) is 2. The maximum Gasteiger partial charge on any atom is 0.339 e. The fourth-order valence-corrected chi connectivity index (χ4v) is 2.43. The van der Waals surface area contributed by atoms with Crippen LogP contribution in [0.15, 0.2) is 48.5 Å². The van der Waals surface area contributed by atoms with E-state index in [1.807, 2.05) is 0 Å². The number of fused-ring (bicyclic) bond motifs is 1. The smallest absolute Gasteiger partial charge is 0.339 e. The maximum atomic E-state index is 14.4. The molecule has 1 heterocycles. The lowest BCUT2D eigenvalue weighted by atomic mass is 9.95. The van der Waals surface area contributed by atoms with E-state index in [-0.39, 0.29) is 12.2 Å². The van der Waals surface area contributed by atoms with Crippen LogP contribution in [0.4, 0.5) is 13.2 Å². The van der Waals surface area contributed by atoms with Gasteiger partial charge in [-0.3, -0.25) is 4.79 Å². The molecular formula is C16H11F3O2. The quantitative estimate of drug-likeness (QED) is 0.802. The Bertz CT molecular complexity index is 697. The predicted molar refractivity (Wildman–Crippen MR) is 69.6 cm³/mol. The summed E-state index contributed by atoms with van der Waals surface area (Å²) < 4.78 is 47.0. The summed E-state index contributed by atoms with van der Waals surface area (Å²) in [6.07, 6.45) is -1.63. The van der Waals surface area contributed by atoms with E-state index in [0.717, 1.165) is 12.1 Å². The van der Waals surface area contributed by atoms with Crippen LogP contribution < -0.4 is 0 Å². The molecule has 0 fully saturated rings. The third kappa shape index (κ3) is 2.34. The fraction of sp³-hybridized carbons (Fsp3) is 0.188. The van der Waals surface area contributed by atoms with Crippen LogP contribution >= 0.6 is 0 Å². The fourth-order valence-electron chi connectivity index (χ4n) is 2.43. The molecule has 0 saturated heterocycles. The summed E-state index contributed by atoms with van der Waals surface area (Å²) in [5, 5.41) is 0. The molecule has 1 atom stereocenters. The second-order valence-electron chi connectivity index (χ2n) is 4.85. The van der Waals surface area contributed by atoms with E-state index in [1.54, 1.807) is 18.2 Å². The summed E-state index contributed by atoms with van der Waals surface area (Å²) in [5.41, 5.74) is 0.564. The normalized spacial score (nSPS) is 17.6. The SMILES string of the molecule is O=C(c1cccc(F)c1)C(F)(F)[C@@H]1OCc2ccccc21. The van der Waals surface area contributed by atoms with Gasteiger partial charge >= 0.3 is 5.92 Å². The van der Waals surface area contributed by atoms with Crippen LogP contribution in [-0.4, -0.2) is 11.7 Å². The van der Waals surface area contributed by atoms with Crippen LogP contribution in [0.2, 0.25) is 0 Å². The minimum Gasteiger partial charge on any atom is -0.362 e. The number of Topliss-reactive ketones (excluding diaryl/α,β-unsaturated/α-hetero) is 1. The predicted octanol–water partition coefficient (Wildman–Crippen LogP) is 3.92. The van der Waals surface area contributed by atoms with Crippen LogP contribution in [0.1, 0.15) is 27.6 Å². The molecule has 0 aliphatic carbocycles. The zero-order valence-corrected chi connectivity index (χ0v) is 10.9. The minimum atomic E-state index is -3.75. The second kappa shape index (κ2) is 5.00. The van der Waals surface area contributed by atoms with Crippen molar-refractivity contribution in [2.24, 2.45) is 0 Å². The zero-order chi connectivity index (χ0) is 15.0. The standard InChI is InChI=1S/C16H11F3O2/c17-12-6-3-5-10(8-12)14(20)16(18,19)15-13-7-2-1-4-11(13)9-21-15/h1-8,15H,9H2/t15-/m1/s1. The van der Waals surface area contributed by atoms with Gasteiger partial charge < -0.3 is 4.74 Å². The highest BCUT2D eigenvalue weighted by molar-refractivity contribution is 6.01. The second-order valence-corrected chi connectivity index (χ2v) is 4.85. The Morgan fingerprint density at radius 2 is 1.90 bits per heavy atom. The zero-order valence-electron chi connectivity index (χ0n) is 10.9. The van der Waals surface area contributed by atoms with Crippen molar-refractivity contribution in [3.63, 3.8) is 0 Å². The Labute approximate surface area is 119 Å². The molecule has 108 valence electrons. The van der Waals surface area contributed by atoms with Crippen molar-refractivity contribution in [2.45, 2.75) is 18.6 Å². The van der Waals surface area contributed by atoms with E-state index in [9.17, 15) is 18.0 Å². The number of hydrogen-bond donors (Lipinski definition) is 0. The van der Waals surface area contributed by atoms with Gasteiger partial charge in [0.05, 0.1) is 6.61 Å². The Kier molecular flexibility index (Phi) is 3.29. The van der Waals surface area contributed by atoms with E-state index in [4.69, 9.17) is 4.74 Å². The van der Waals surface area contributed by atoms with Gasteiger partial charge in [0, 0.05) is 5.56 Å². The molecule has 2 aromatic carbocycles. The third-order valence-electron chi connectivity index (χ3n) is 3.46. The largest absolute Gasteiger partial charge is 0.362 e. The van der Waals surface area contributed by atoms with Crippen molar-refractivity contribution in [2.75, 3.05) is 0 Å². The van der Waals surface area contributed by atoms with Gasteiger partial charge in [0.1, 0.15) is 5.82 Å². The molecule has 0 aromatic heterocycles. The van der Waals surface area contributed by atoms with Gasteiger partial charge in [0.15, 0.2) is 6.10 Å². The Morgan fingerprint density at radius 1 is 1.14 bits per heavy atom. The van der Waals surface area contributed by atoms with Gasteiger partial charge in [0.2, 0.25) is 5.78 Å². The maximum absolute atomic E-state index is 14.4. The molecule has 1 aliphatic rings. The minimum absolute atomic E-state index is 0.0346. The number of carbonyl (C=O) groups is 1. The van der Waals surface area contributed by atoms with Crippen molar-refractivity contribution in [1.29, 1.82) is 0 Å². The number of ether oxygens (including phenoxy) is 1. The van der Waals surface area contributed by atoms with Crippen molar-refractivity contribution in [3.05, 3.63) is 71.0 Å². The summed E-state index contributed by atoms with van der Waals surface area (Å²) in [7, 11) is 0. The highest BCUT2D eigenvalue weighted by Gasteiger charge is 2.51. The van der Waals surface area contributed by atoms with Gasteiger partial charge in [-0.1, -0.05) is 36.4 Å². The van der Waals surface area contributed by atoms with Crippen LogP contribution in [0.25, 0.3) is 0 Å². The summed E-state index contributed by atoms with van der Waals surface area (Å²) in [6, 6.07) is 10.8. The summed E-state index contributed by atoms with van der Waals surface area (Å²) >= 11 is 0. The summed E-state index contributed by atoms with van der Waals surface area (Å²) in [5.74, 6) is -5.92. The van der Waals surface area contributed by atoms with Crippen molar-refractivity contribution in [1.82, 2.24) is 0 Å². The molecule has 3 rings (SSSR count). The third-order valence-corrected chi connectivity index (χ3v) is 3.46. The molecule has 0 spiro atoms. The first-order valence-corrected chi connectivity index (χ1v) is 6.38. The number of halogens is 3. The molecule has 0 unspecified atom stereocenters. The van der Waals surface area contributed by atoms with Gasteiger partial charge in [-0.2, -0.15) is 8.78 Å². The highest BCUT2D eigenvalue weighted by atomic mass is 19.3. The highest BCUT2D eigenvalue weighted by Crippen LogP contribution is 2.43. The molecular weight excluding hydrogens is 281 g/mol. The van der Waals surface area contributed by atoms with Gasteiger partial charge in [-0.25, -0.2) is 4.39 Å². The van der Waals surface area contributed by atoms with Crippen LogP contribution in [-0.2, 0) is 11.3 Å². The molecule has 0 saturated carbocycles. The summed E-state index contributed by atoms with van der Waals surface area (Å²) in [6.45, 7) is 0.0346. The van der Waals surface area contributed by atoms with E-state index in [1.165, 1.54) is 18.2 Å². The number of rotatable bonds is 3. The van der Waals surface area contributed by atoms with Gasteiger partial charge in [0.25, 0.3) is 0 Å². The Hall–Kier alpha value is -2.14. The van der Waals surface area contributed by atoms with Crippen molar-refractivity contribution in [3.8, 4) is 0 Å². The first-order chi connectivity index (χ1) is 10.00. The number of ketones is 1. The van der Waals surface area contributed by atoms with E-state index in [2.05, 4.69) is 0 Å². The van der Waals surface area contributed by atoms with Crippen LogP contribution in [0.5, 0.6) is 0 Å². The average molecular weight is 292 g/mol. The molecule has 2 nitrogen and oxygen atoms in total. The average Bonchev–Trinajstić information content (AvgIpc) is 2.91. The van der Waals surface area contributed by atoms with Crippen molar-refractivity contribution < 1.29 is 22.7 Å². The Balaban J connectivity index is 1.96. The monoisotopic (exact) mass is 292 g/mol. The lowest BCUT2D eigenvalue weighted by molar-refractivity contribution is -0.105. The number of alkyl halides is 2. The molecule has 5 heteroatoms. The molecule has 1 aliphatic heterocycles. The number of carbonyl (C=O) groups excluding carboxylic acids is 1. The van der Waals surface area contributed by atoms with Gasteiger partial charge in [-0.05, 0) is 23.3 Å². The lowest BCUT2D eigenvalue weighted by Gasteiger charge is -2.22. The molecule has 0 amide bonds.